The molecule has 0 bridgehead atoms. The molecule has 2 aromatic carbocycles. The van der Waals surface area contributed by atoms with E-state index in [0.717, 1.165) is 11.1 Å². The van der Waals surface area contributed by atoms with Crippen LogP contribution in [-0.2, 0) is 0 Å². The maximum absolute atomic E-state index is 11.1. The SMILES string of the molecule is O=C(Cl)c1cc(Cl)c(Cl)c(-c2ccccc2)n1.O=C(O)c1cc(Cl)c(Cl)c(-c2ccccc2)n1. The molecule has 172 valence electrons. The monoisotopic (exact) mass is 552 g/mol. The highest BCUT2D eigenvalue weighted by Gasteiger charge is 2.15. The number of hydrogen-bond acceptors (Lipinski definition) is 4. The summed E-state index contributed by atoms with van der Waals surface area (Å²) in [4.78, 5) is 30.1. The van der Waals surface area contributed by atoms with Gasteiger partial charge in [-0.3, -0.25) is 4.79 Å². The molecule has 0 saturated carbocycles. The van der Waals surface area contributed by atoms with E-state index in [4.69, 9.17) is 63.1 Å². The molecule has 4 rings (SSSR count). The topological polar surface area (TPSA) is 80.2 Å². The van der Waals surface area contributed by atoms with E-state index in [9.17, 15) is 9.59 Å². The first-order valence-electron chi connectivity index (χ1n) is 9.45. The lowest BCUT2D eigenvalue weighted by molar-refractivity contribution is 0.0690. The fourth-order valence-electron chi connectivity index (χ4n) is 2.78. The van der Waals surface area contributed by atoms with Crippen molar-refractivity contribution in [3.63, 3.8) is 0 Å². The van der Waals surface area contributed by atoms with Gasteiger partial charge >= 0.3 is 5.97 Å². The Morgan fingerprint density at radius 2 is 1.03 bits per heavy atom. The van der Waals surface area contributed by atoms with E-state index in [1.54, 1.807) is 12.1 Å². The lowest BCUT2D eigenvalue weighted by atomic mass is 10.1. The number of aromatic nitrogens is 2. The molecule has 0 amide bonds. The van der Waals surface area contributed by atoms with Crippen LogP contribution in [0.25, 0.3) is 22.5 Å². The van der Waals surface area contributed by atoms with Crippen molar-refractivity contribution in [3.8, 4) is 22.5 Å². The van der Waals surface area contributed by atoms with E-state index in [1.807, 2.05) is 48.5 Å². The van der Waals surface area contributed by atoms with E-state index in [1.165, 1.54) is 12.1 Å². The van der Waals surface area contributed by atoms with E-state index in [2.05, 4.69) is 9.97 Å². The third-order valence-electron chi connectivity index (χ3n) is 4.34. The van der Waals surface area contributed by atoms with Crippen LogP contribution in [-0.4, -0.2) is 26.3 Å². The number of carboxylic acid groups (broad SMARTS) is 1. The highest BCUT2D eigenvalue weighted by Crippen LogP contribution is 2.33. The minimum absolute atomic E-state index is 0.0833. The van der Waals surface area contributed by atoms with Crippen molar-refractivity contribution in [2.24, 2.45) is 0 Å². The Morgan fingerprint density at radius 1 is 0.647 bits per heavy atom. The first kappa shape index (κ1) is 25.9. The highest BCUT2D eigenvalue weighted by molar-refractivity contribution is 6.67. The number of carboxylic acids is 1. The highest BCUT2D eigenvalue weighted by atomic mass is 35.5. The number of carbonyl (C=O) groups excluding carboxylic acids is 1. The number of hydrogen-bond donors (Lipinski definition) is 1. The second kappa shape index (κ2) is 11.6. The summed E-state index contributed by atoms with van der Waals surface area (Å²) in [7, 11) is 0. The van der Waals surface area contributed by atoms with Crippen LogP contribution in [0.5, 0.6) is 0 Å². The zero-order chi connectivity index (χ0) is 24.8. The van der Waals surface area contributed by atoms with Gasteiger partial charge in [-0.05, 0) is 23.7 Å². The normalized spacial score (nSPS) is 10.3. The van der Waals surface area contributed by atoms with Gasteiger partial charge in [0.25, 0.3) is 5.24 Å². The van der Waals surface area contributed by atoms with Crippen molar-refractivity contribution >= 4 is 69.2 Å². The molecule has 34 heavy (non-hydrogen) atoms. The molecular weight excluding hydrogens is 542 g/mol. The van der Waals surface area contributed by atoms with Crippen molar-refractivity contribution < 1.29 is 14.7 Å². The van der Waals surface area contributed by atoms with Gasteiger partial charge in [0, 0.05) is 11.1 Å². The Hall–Kier alpha value is -2.67. The largest absolute Gasteiger partial charge is 0.477 e. The van der Waals surface area contributed by atoms with Crippen LogP contribution in [0.4, 0.5) is 0 Å². The Morgan fingerprint density at radius 3 is 1.41 bits per heavy atom. The Balaban J connectivity index is 0.000000191. The van der Waals surface area contributed by atoms with Crippen LogP contribution >= 0.6 is 58.0 Å². The molecular formula is C24H13Cl5N2O3. The summed E-state index contributed by atoms with van der Waals surface area (Å²) in [5, 5.41) is 9.23. The fraction of sp³-hybridized carbons (Fsp3) is 0. The fourth-order valence-corrected chi connectivity index (χ4v) is 3.68. The van der Waals surface area contributed by atoms with Gasteiger partial charge < -0.3 is 5.11 Å². The van der Waals surface area contributed by atoms with Crippen molar-refractivity contribution in [1.29, 1.82) is 0 Å². The summed E-state index contributed by atoms with van der Waals surface area (Å²) >= 11 is 29.3. The second-order valence-electron chi connectivity index (χ2n) is 6.61. The van der Waals surface area contributed by atoms with Crippen molar-refractivity contribution in [2.75, 3.05) is 0 Å². The number of benzene rings is 2. The predicted molar refractivity (Wildman–Crippen MR) is 137 cm³/mol. The third-order valence-corrected chi connectivity index (χ3v) is 6.09. The Labute approximate surface area is 219 Å². The number of rotatable bonds is 4. The van der Waals surface area contributed by atoms with Gasteiger partial charge in [-0.15, -0.1) is 0 Å². The minimum Gasteiger partial charge on any atom is -0.477 e. The Kier molecular flexibility index (Phi) is 8.89. The average Bonchev–Trinajstić information content (AvgIpc) is 2.83. The summed E-state index contributed by atoms with van der Waals surface area (Å²) in [6.07, 6.45) is 0. The minimum atomic E-state index is -1.14. The zero-order valence-corrected chi connectivity index (χ0v) is 20.8. The maximum Gasteiger partial charge on any atom is 0.354 e. The summed E-state index contributed by atoms with van der Waals surface area (Å²) in [6, 6.07) is 20.8. The molecule has 4 aromatic rings. The van der Waals surface area contributed by atoms with E-state index in [-0.39, 0.29) is 26.5 Å². The van der Waals surface area contributed by atoms with E-state index >= 15 is 0 Å². The first-order valence-corrected chi connectivity index (χ1v) is 11.3. The number of carbonyl (C=O) groups is 2. The van der Waals surface area contributed by atoms with E-state index < -0.39 is 11.2 Å². The lowest BCUT2D eigenvalue weighted by Crippen LogP contribution is -2.02. The summed E-state index contributed by atoms with van der Waals surface area (Å²) < 4.78 is 0. The molecule has 0 atom stereocenters. The van der Waals surface area contributed by atoms with Crippen LogP contribution in [0, 0.1) is 0 Å². The molecule has 0 unspecified atom stereocenters. The third kappa shape index (κ3) is 6.26. The van der Waals surface area contributed by atoms with Gasteiger partial charge in [0.2, 0.25) is 0 Å². The molecule has 10 heteroatoms. The van der Waals surface area contributed by atoms with Crippen LogP contribution in [0.15, 0.2) is 72.8 Å². The van der Waals surface area contributed by atoms with Crippen molar-refractivity contribution in [1.82, 2.24) is 9.97 Å². The van der Waals surface area contributed by atoms with Crippen LogP contribution in [0.2, 0.25) is 20.1 Å². The maximum atomic E-state index is 11.1. The zero-order valence-electron chi connectivity index (χ0n) is 17.0. The molecule has 1 N–H and O–H groups in total. The van der Waals surface area contributed by atoms with Gasteiger partial charge in [-0.2, -0.15) is 0 Å². The molecule has 0 aliphatic carbocycles. The first-order chi connectivity index (χ1) is 16.2. The molecule has 0 fully saturated rings. The average molecular weight is 555 g/mol. The van der Waals surface area contributed by atoms with Crippen LogP contribution in [0.1, 0.15) is 21.0 Å². The molecule has 2 heterocycles. The molecule has 0 spiro atoms. The van der Waals surface area contributed by atoms with Gasteiger partial charge in [-0.25, -0.2) is 14.8 Å². The quantitative estimate of drug-likeness (QED) is 0.257. The summed E-state index contributed by atoms with van der Waals surface area (Å²) in [5.74, 6) is -1.14. The number of aromatic carboxylic acids is 1. The number of halogens is 5. The smallest absolute Gasteiger partial charge is 0.354 e. The Bertz CT molecular complexity index is 1250. The molecule has 5 nitrogen and oxygen atoms in total. The summed E-state index contributed by atoms with van der Waals surface area (Å²) in [6.45, 7) is 0. The molecule has 0 aliphatic rings. The van der Waals surface area contributed by atoms with Crippen LogP contribution in [0.3, 0.4) is 0 Å². The van der Waals surface area contributed by atoms with Gasteiger partial charge in [0.15, 0.2) is 0 Å². The van der Waals surface area contributed by atoms with E-state index in [0.29, 0.717) is 16.4 Å². The number of nitrogens with zero attached hydrogens (tertiary/aromatic N) is 2. The molecule has 0 radical (unpaired) electrons. The molecule has 0 aliphatic heterocycles. The van der Waals surface area contributed by atoms with Gasteiger partial charge in [0.05, 0.1) is 31.5 Å². The van der Waals surface area contributed by atoms with Crippen molar-refractivity contribution in [3.05, 3.63) is 104 Å². The predicted octanol–water partition coefficient (Wildman–Crippen LogP) is 8.19. The van der Waals surface area contributed by atoms with Crippen LogP contribution < -0.4 is 0 Å². The van der Waals surface area contributed by atoms with Gasteiger partial charge in [0.1, 0.15) is 11.4 Å². The second-order valence-corrected chi connectivity index (χ2v) is 8.53. The lowest BCUT2D eigenvalue weighted by Gasteiger charge is -2.06. The number of pyridine rings is 2. The molecule has 2 aromatic heterocycles. The molecule has 0 saturated heterocycles. The standard InChI is InChI=1S/C12H6Cl3NO.C12H7Cl2NO2/c13-8-6-9(12(15)17)16-11(10(8)14)7-4-2-1-3-5-7;13-8-6-9(12(16)17)15-11(10(8)14)7-4-2-1-3-5-7/h1-6H;1-6H,(H,16,17). The van der Waals surface area contributed by atoms with Crippen molar-refractivity contribution in [2.45, 2.75) is 0 Å². The van der Waals surface area contributed by atoms with Gasteiger partial charge in [-0.1, -0.05) is 107 Å². The summed E-state index contributed by atoms with van der Waals surface area (Å²) in [5.41, 5.74) is 2.28.